The Balaban J connectivity index is 1.73. The summed E-state index contributed by atoms with van der Waals surface area (Å²) in [4.78, 5) is 2.44. The molecule has 0 bridgehead atoms. The fourth-order valence-corrected chi connectivity index (χ4v) is 3.00. The Hall–Kier alpha value is -1.22. The summed E-state index contributed by atoms with van der Waals surface area (Å²) in [7, 11) is 0. The normalized spacial score (nSPS) is 21.6. The first-order chi connectivity index (χ1) is 8.33. The molecule has 2 heterocycles. The quantitative estimate of drug-likeness (QED) is 0.861. The molecular formula is C14H20N2O. The Morgan fingerprint density at radius 3 is 2.88 bits per heavy atom. The van der Waals surface area contributed by atoms with Crippen LogP contribution in [0.5, 0.6) is 5.75 Å². The number of anilines is 1. The zero-order chi connectivity index (χ0) is 11.7. The molecule has 2 fully saturated rings. The van der Waals surface area contributed by atoms with Crippen LogP contribution in [0, 0.1) is 5.41 Å². The standard InChI is InChI=1S/C14H20N2O/c1-2-17-13-6-4-3-5-12(13)16-10-14(11-16)7-8-15-9-14/h3-6,15H,2,7-11H2,1H3. The molecule has 0 unspecified atom stereocenters. The zero-order valence-corrected chi connectivity index (χ0v) is 10.4. The highest BCUT2D eigenvalue weighted by molar-refractivity contribution is 5.60. The molecule has 3 nitrogen and oxygen atoms in total. The van der Waals surface area contributed by atoms with Crippen LogP contribution in [0.15, 0.2) is 24.3 Å². The molecule has 0 atom stereocenters. The molecule has 0 amide bonds. The summed E-state index contributed by atoms with van der Waals surface area (Å²) in [6, 6.07) is 8.37. The van der Waals surface area contributed by atoms with Gasteiger partial charge in [-0.15, -0.1) is 0 Å². The maximum absolute atomic E-state index is 5.69. The monoisotopic (exact) mass is 232 g/mol. The van der Waals surface area contributed by atoms with Crippen molar-refractivity contribution in [2.75, 3.05) is 37.7 Å². The van der Waals surface area contributed by atoms with Gasteiger partial charge in [0.25, 0.3) is 0 Å². The molecule has 0 aliphatic carbocycles. The van der Waals surface area contributed by atoms with E-state index in [9.17, 15) is 0 Å². The number of hydrogen-bond donors (Lipinski definition) is 1. The van der Waals surface area contributed by atoms with Crippen molar-refractivity contribution in [3.63, 3.8) is 0 Å². The average molecular weight is 232 g/mol. The molecule has 1 N–H and O–H groups in total. The van der Waals surface area contributed by atoms with Crippen LogP contribution >= 0.6 is 0 Å². The largest absolute Gasteiger partial charge is 0.492 e. The SMILES string of the molecule is CCOc1ccccc1N1CC2(CCNC2)C1. The van der Waals surface area contributed by atoms with E-state index in [0.717, 1.165) is 12.4 Å². The minimum absolute atomic E-state index is 0.541. The average Bonchev–Trinajstić information content (AvgIpc) is 2.78. The van der Waals surface area contributed by atoms with Gasteiger partial charge in [-0.1, -0.05) is 12.1 Å². The van der Waals surface area contributed by atoms with E-state index < -0.39 is 0 Å². The molecule has 2 aliphatic rings. The summed E-state index contributed by atoms with van der Waals surface area (Å²) in [5.74, 6) is 1.02. The van der Waals surface area contributed by atoms with Gasteiger partial charge in [-0.25, -0.2) is 0 Å². The lowest BCUT2D eigenvalue weighted by molar-refractivity contribution is 0.240. The molecule has 1 aromatic rings. The Bertz CT molecular complexity index is 391. The van der Waals surface area contributed by atoms with Gasteiger partial charge in [-0.3, -0.25) is 0 Å². The van der Waals surface area contributed by atoms with Crippen molar-refractivity contribution in [3.05, 3.63) is 24.3 Å². The van der Waals surface area contributed by atoms with Crippen LogP contribution in [0.1, 0.15) is 13.3 Å². The van der Waals surface area contributed by atoms with E-state index in [1.807, 2.05) is 13.0 Å². The molecule has 0 saturated carbocycles. The number of rotatable bonds is 3. The topological polar surface area (TPSA) is 24.5 Å². The summed E-state index contributed by atoms with van der Waals surface area (Å²) in [5.41, 5.74) is 1.80. The van der Waals surface area contributed by atoms with E-state index in [-0.39, 0.29) is 0 Å². The summed E-state index contributed by atoms with van der Waals surface area (Å²) >= 11 is 0. The van der Waals surface area contributed by atoms with Gasteiger partial charge < -0.3 is 15.0 Å². The number of hydrogen-bond acceptors (Lipinski definition) is 3. The minimum Gasteiger partial charge on any atom is -0.492 e. The first-order valence-electron chi connectivity index (χ1n) is 6.50. The Morgan fingerprint density at radius 1 is 1.35 bits per heavy atom. The third-order valence-corrected chi connectivity index (χ3v) is 3.89. The maximum Gasteiger partial charge on any atom is 0.142 e. The lowest BCUT2D eigenvalue weighted by Crippen LogP contribution is -2.57. The van der Waals surface area contributed by atoms with Gasteiger partial charge in [0, 0.05) is 25.0 Å². The molecule has 1 spiro atoms. The van der Waals surface area contributed by atoms with Gasteiger partial charge in [0.05, 0.1) is 12.3 Å². The number of nitrogens with zero attached hydrogens (tertiary/aromatic N) is 1. The summed E-state index contributed by atoms with van der Waals surface area (Å²) < 4.78 is 5.69. The lowest BCUT2D eigenvalue weighted by atomic mass is 9.79. The number of nitrogens with one attached hydrogen (secondary N) is 1. The van der Waals surface area contributed by atoms with Crippen molar-refractivity contribution in [1.82, 2.24) is 5.32 Å². The van der Waals surface area contributed by atoms with Gasteiger partial charge in [-0.05, 0) is 32.0 Å². The third kappa shape index (κ3) is 1.89. The highest BCUT2D eigenvalue weighted by atomic mass is 16.5. The fourth-order valence-electron chi connectivity index (χ4n) is 3.00. The first-order valence-corrected chi connectivity index (χ1v) is 6.50. The fraction of sp³-hybridized carbons (Fsp3) is 0.571. The van der Waals surface area contributed by atoms with Crippen LogP contribution in [-0.2, 0) is 0 Å². The van der Waals surface area contributed by atoms with E-state index >= 15 is 0 Å². The molecule has 1 aromatic carbocycles. The second-order valence-electron chi connectivity index (χ2n) is 5.18. The molecule has 3 heteroatoms. The number of para-hydroxylation sites is 2. The predicted octanol–water partition coefficient (Wildman–Crippen LogP) is 1.89. The minimum atomic E-state index is 0.541. The summed E-state index contributed by atoms with van der Waals surface area (Å²) in [6.07, 6.45) is 1.32. The second-order valence-corrected chi connectivity index (χ2v) is 5.18. The number of ether oxygens (including phenoxy) is 1. The van der Waals surface area contributed by atoms with Crippen LogP contribution in [-0.4, -0.2) is 32.8 Å². The summed E-state index contributed by atoms with van der Waals surface area (Å²) in [5, 5.41) is 3.47. The number of benzene rings is 1. The molecular weight excluding hydrogens is 212 g/mol. The molecule has 2 saturated heterocycles. The predicted molar refractivity (Wildman–Crippen MR) is 69.7 cm³/mol. The molecule has 0 radical (unpaired) electrons. The van der Waals surface area contributed by atoms with Gasteiger partial charge >= 0.3 is 0 Å². The molecule has 2 aliphatic heterocycles. The van der Waals surface area contributed by atoms with Crippen LogP contribution in [0.4, 0.5) is 5.69 Å². The van der Waals surface area contributed by atoms with Crippen molar-refractivity contribution >= 4 is 5.69 Å². The Morgan fingerprint density at radius 2 is 2.18 bits per heavy atom. The first kappa shape index (κ1) is 10.9. The van der Waals surface area contributed by atoms with Crippen LogP contribution in [0.3, 0.4) is 0 Å². The highest BCUT2D eigenvalue weighted by Crippen LogP contribution is 2.42. The molecule has 92 valence electrons. The maximum atomic E-state index is 5.69. The van der Waals surface area contributed by atoms with Crippen molar-refractivity contribution in [1.29, 1.82) is 0 Å². The van der Waals surface area contributed by atoms with Gasteiger partial charge in [0.2, 0.25) is 0 Å². The van der Waals surface area contributed by atoms with Crippen molar-refractivity contribution in [2.24, 2.45) is 5.41 Å². The molecule has 0 aromatic heterocycles. The Labute approximate surface area is 103 Å². The second kappa shape index (κ2) is 4.22. The van der Waals surface area contributed by atoms with E-state index in [4.69, 9.17) is 4.74 Å². The van der Waals surface area contributed by atoms with Crippen molar-refractivity contribution < 1.29 is 4.74 Å². The van der Waals surface area contributed by atoms with Crippen LogP contribution in [0.25, 0.3) is 0 Å². The zero-order valence-electron chi connectivity index (χ0n) is 10.4. The molecule has 3 rings (SSSR count). The van der Waals surface area contributed by atoms with Gasteiger partial charge in [-0.2, -0.15) is 0 Å². The molecule has 17 heavy (non-hydrogen) atoms. The van der Waals surface area contributed by atoms with Gasteiger partial charge in [0.15, 0.2) is 0 Å². The highest BCUT2D eigenvalue weighted by Gasteiger charge is 2.45. The van der Waals surface area contributed by atoms with E-state index in [1.165, 1.54) is 38.3 Å². The van der Waals surface area contributed by atoms with Crippen molar-refractivity contribution in [2.45, 2.75) is 13.3 Å². The van der Waals surface area contributed by atoms with E-state index in [0.29, 0.717) is 5.41 Å². The summed E-state index contributed by atoms with van der Waals surface area (Å²) in [6.45, 7) is 7.47. The van der Waals surface area contributed by atoms with E-state index in [1.54, 1.807) is 0 Å². The Kier molecular flexibility index (Phi) is 2.71. The van der Waals surface area contributed by atoms with Crippen molar-refractivity contribution in [3.8, 4) is 5.75 Å². The van der Waals surface area contributed by atoms with Crippen LogP contribution in [0.2, 0.25) is 0 Å². The van der Waals surface area contributed by atoms with Crippen LogP contribution < -0.4 is 15.0 Å². The smallest absolute Gasteiger partial charge is 0.142 e. The van der Waals surface area contributed by atoms with E-state index in [2.05, 4.69) is 28.4 Å². The lowest BCUT2D eigenvalue weighted by Gasteiger charge is -2.49. The van der Waals surface area contributed by atoms with Gasteiger partial charge in [0.1, 0.15) is 5.75 Å². The third-order valence-electron chi connectivity index (χ3n) is 3.89.